The minimum atomic E-state index is 0.760. The molecule has 1 aromatic heterocycles. The summed E-state index contributed by atoms with van der Waals surface area (Å²) in [6.45, 7) is 0. The van der Waals surface area contributed by atoms with Crippen molar-refractivity contribution in [1.29, 1.82) is 0 Å². The van der Waals surface area contributed by atoms with Gasteiger partial charge in [-0.25, -0.2) is 0 Å². The highest BCUT2D eigenvalue weighted by atomic mass is 35.5. The van der Waals surface area contributed by atoms with E-state index in [-0.39, 0.29) is 0 Å². The van der Waals surface area contributed by atoms with Crippen LogP contribution in [-0.4, -0.2) is 4.57 Å². The molecule has 1 heterocycles. The van der Waals surface area contributed by atoms with Gasteiger partial charge in [-0.05, 0) is 47.5 Å². The number of aromatic nitrogens is 1. The van der Waals surface area contributed by atoms with Gasteiger partial charge in [0.1, 0.15) is 0 Å². The summed E-state index contributed by atoms with van der Waals surface area (Å²) in [5.41, 5.74) is 5.98. The number of hydrogen-bond acceptors (Lipinski definition) is 0. The molecule has 0 spiro atoms. The zero-order valence-corrected chi connectivity index (χ0v) is 14.8. The van der Waals surface area contributed by atoms with E-state index in [0.717, 1.165) is 5.02 Å². The molecule has 0 amide bonds. The molecule has 0 saturated heterocycles. The van der Waals surface area contributed by atoms with Crippen molar-refractivity contribution in [3.8, 4) is 16.8 Å². The molecular formula is C24H16ClN. The van der Waals surface area contributed by atoms with Gasteiger partial charge in [-0.3, -0.25) is 0 Å². The van der Waals surface area contributed by atoms with Gasteiger partial charge in [0.2, 0.25) is 0 Å². The Morgan fingerprint density at radius 3 is 1.50 bits per heavy atom. The van der Waals surface area contributed by atoms with Gasteiger partial charge in [-0.15, -0.1) is 0 Å². The van der Waals surface area contributed by atoms with E-state index in [9.17, 15) is 0 Å². The number of hydrogen-bond donors (Lipinski definition) is 0. The number of halogens is 1. The van der Waals surface area contributed by atoms with Crippen LogP contribution in [0.2, 0.25) is 5.02 Å². The highest BCUT2D eigenvalue weighted by Crippen LogP contribution is 2.32. The van der Waals surface area contributed by atoms with Crippen LogP contribution in [-0.2, 0) is 0 Å². The van der Waals surface area contributed by atoms with Crippen LogP contribution in [0.4, 0.5) is 0 Å². The van der Waals surface area contributed by atoms with E-state index in [0.29, 0.717) is 0 Å². The summed E-state index contributed by atoms with van der Waals surface area (Å²) >= 11 is 6.00. The van der Waals surface area contributed by atoms with Gasteiger partial charge in [0.25, 0.3) is 0 Å². The van der Waals surface area contributed by atoms with E-state index in [2.05, 4.69) is 89.5 Å². The minimum Gasteiger partial charge on any atom is -0.309 e. The Morgan fingerprint density at radius 2 is 0.962 bits per heavy atom. The maximum absolute atomic E-state index is 6.00. The Kier molecular flexibility index (Phi) is 3.55. The van der Waals surface area contributed by atoms with E-state index in [4.69, 9.17) is 11.6 Å². The fourth-order valence-electron chi connectivity index (χ4n) is 3.65. The molecule has 0 N–H and O–H groups in total. The van der Waals surface area contributed by atoms with Crippen molar-refractivity contribution in [3.63, 3.8) is 0 Å². The summed E-state index contributed by atoms with van der Waals surface area (Å²) < 4.78 is 2.33. The van der Waals surface area contributed by atoms with Crippen molar-refractivity contribution in [1.82, 2.24) is 4.57 Å². The van der Waals surface area contributed by atoms with E-state index in [1.54, 1.807) is 0 Å². The van der Waals surface area contributed by atoms with Gasteiger partial charge in [-0.1, -0.05) is 72.3 Å². The Hall–Kier alpha value is -3.03. The van der Waals surface area contributed by atoms with E-state index < -0.39 is 0 Å². The molecule has 0 aliphatic carbocycles. The van der Waals surface area contributed by atoms with Crippen LogP contribution in [0, 0.1) is 0 Å². The molecule has 0 aliphatic rings. The van der Waals surface area contributed by atoms with Crippen molar-refractivity contribution in [2.75, 3.05) is 0 Å². The molecule has 0 bridgehead atoms. The SMILES string of the molecule is Clc1ccc(-c2ccc(-n3c4ccccc4c4ccccc43)cc2)cc1. The lowest BCUT2D eigenvalue weighted by atomic mass is 10.1. The number of rotatable bonds is 2. The van der Waals surface area contributed by atoms with Crippen LogP contribution >= 0.6 is 11.6 Å². The number of fused-ring (bicyclic) bond motifs is 3. The molecule has 124 valence electrons. The fraction of sp³-hybridized carbons (Fsp3) is 0. The highest BCUT2D eigenvalue weighted by molar-refractivity contribution is 6.30. The standard InChI is InChI=1S/C24H16ClN/c25-19-13-9-17(10-14-19)18-11-15-20(16-12-18)26-23-7-3-1-5-21(23)22-6-2-4-8-24(22)26/h1-16H. The van der Waals surface area contributed by atoms with Crippen molar-refractivity contribution in [2.24, 2.45) is 0 Å². The molecule has 0 fully saturated rings. The largest absolute Gasteiger partial charge is 0.309 e. The molecule has 0 atom stereocenters. The highest BCUT2D eigenvalue weighted by Gasteiger charge is 2.11. The Labute approximate surface area is 157 Å². The lowest BCUT2D eigenvalue weighted by molar-refractivity contribution is 1.18. The van der Waals surface area contributed by atoms with E-state index >= 15 is 0 Å². The lowest BCUT2D eigenvalue weighted by Gasteiger charge is -2.09. The van der Waals surface area contributed by atoms with Gasteiger partial charge < -0.3 is 4.57 Å². The van der Waals surface area contributed by atoms with E-state index in [1.165, 1.54) is 38.6 Å². The second kappa shape index (κ2) is 6.05. The normalized spacial score (nSPS) is 11.3. The number of nitrogens with zero attached hydrogens (tertiary/aromatic N) is 1. The summed E-state index contributed by atoms with van der Waals surface area (Å²) in [5.74, 6) is 0. The van der Waals surface area contributed by atoms with Crippen LogP contribution < -0.4 is 0 Å². The first-order valence-electron chi connectivity index (χ1n) is 8.66. The molecular weight excluding hydrogens is 338 g/mol. The topological polar surface area (TPSA) is 4.93 Å². The second-order valence-corrected chi connectivity index (χ2v) is 6.86. The first-order chi connectivity index (χ1) is 12.8. The molecule has 5 aromatic rings. The summed E-state index contributed by atoms with van der Waals surface area (Å²) in [6, 6.07) is 33.8. The Morgan fingerprint density at radius 1 is 0.500 bits per heavy atom. The average Bonchev–Trinajstić information content (AvgIpc) is 3.03. The van der Waals surface area contributed by atoms with Crippen LogP contribution in [0.15, 0.2) is 97.1 Å². The molecule has 4 aromatic carbocycles. The minimum absolute atomic E-state index is 0.760. The van der Waals surface area contributed by atoms with E-state index in [1.807, 2.05) is 12.1 Å². The van der Waals surface area contributed by atoms with Crippen LogP contribution in [0.5, 0.6) is 0 Å². The summed E-state index contributed by atoms with van der Waals surface area (Å²) in [7, 11) is 0. The summed E-state index contributed by atoms with van der Waals surface area (Å²) in [4.78, 5) is 0. The number of para-hydroxylation sites is 2. The van der Waals surface area contributed by atoms with Crippen molar-refractivity contribution in [2.45, 2.75) is 0 Å². The van der Waals surface area contributed by atoms with Crippen molar-refractivity contribution >= 4 is 33.4 Å². The summed E-state index contributed by atoms with van der Waals surface area (Å²) in [5, 5.41) is 3.32. The van der Waals surface area contributed by atoms with Crippen molar-refractivity contribution in [3.05, 3.63) is 102 Å². The molecule has 0 radical (unpaired) electrons. The average molecular weight is 354 g/mol. The zero-order chi connectivity index (χ0) is 17.5. The van der Waals surface area contributed by atoms with Crippen LogP contribution in [0.3, 0.4) is 0 Å². The molecule has 0 unspecified atom stereocenters. The van der Waals surface area contributed by atoms with Crippen molar-refractivity contribution < 1.29 is 0 Å². The third-order valence-corrected chi connectivity index (χ3v) is 5.14. The van der Waals surface area contributed by atoms with Gasteiger partial charge in [0.15, 0.2) is 0 Å². The third-order valence-electron chi connectivity index (χ3n) is 4.88. The second-order valence-electron chi connectivity index (χ2n) is 6.42. The van der Waals surface area contributed by atoms with Crippen LogP contribution in [0.1, 0.15) is 0 Å². The fourth-order valence-corrected chi connectivity index (χ4v) is 3.77. The molecule has 26 heavy (non-hydrogen) atoms. The summed E-state index contributed by atoms with van der Waals surface area (Å²) in [6.07, 6.45) is 0. The van der Waals surface area contributed by atoms with Crippen LogP contribution in [0.25, 0.3) is 38.6 Å². The van der Waals surface area contributed by atoms with Gasteiger partial charge in [-0.2, -0.15) is 0 Å². The molecule has 0 saturated carbocycles. The molecule has 5 rings (SSSR count). The molecule has 0 aliphatic heterocycles. The molecule has 1 nitrogen and oxygen atoms in total. The van der Waals surface area contributed by atoms with Gasteiger partial charge in [0, 0.05) is 21.5 Å². The van der Waals surface area contributed by atoms with Gasteiger partial charge in [0.05, 0.1) is 11.0 Å². The maximum atomic E-state index is 6.00. The first-order valence-corrected chi connectivity index (χ1v) is 9.04. The Balaban J connectivity index is 1.69. The first kappa shape index (κ1) is 15.2. The number of benzene rings is 4. The zero-order valence-electron chi connectivity index (χ0n) is 14.1. The predicted molar refractivity (Wildman–Crippen MR) is 111 cm³/mol. The quantitative estimate of drug-likeness (QED) is 0.319. The lowest BCUT2D eigenvalue weighted by Crippen LogP contribution is -1.93. The molecule has 2 heteroatoms. The smallest absolute Gasteiger partial charge is 0.0541 e. The monoisotopic (exact) mass is 353 g/mol. The maximum Gasteiger partial charge on any atom is 0.0541 e. The third kappa shape index (κ3) is 2.40. The predicted octanol–water partition coefficient (Wildman–Crippen LogP) is 7.10. The Bertz CT molecular complexity index is 1160. The van der Waals surface area contributed by atoms with Gasteiger partial charge >= 0.3 is 0 Å².